The number of H-pyrrole nitrogens is 1. The highest BCUT2D eigenvalue weighted by molar-refractivity contribution is 9.10. The molecule has 1 atom stereocenters. The van der Waals surface area contributed by atoms with Gasteiger partial charge in [-0.3, -0.25) is 9.69 Å². The van der Waals surface area contributed by atoms with Crippen LogP contribution in [-0.2, 0) is 9.53 Å². The fourth-order valence-electron chi connectivity index (χ4n) is 4.18. The van der Waals surface area contributed by atoms with Crippen molar-refractivity contribution in [2.24, 2.45) is 0 Å². The van der Waals surface area contributed by atoms with Crippen LogP contribution in [0.4, 0.5) is 11.4 Å². The van der Waals surface area contributed by atoms with Gasteiger partial charge < -0.3 is 24.7 Å². The topological polar surface area (TPSA) is 86.9 Å². The summed E-state index contributed by atoms with van der Waals surface area (Å²) in [4.78, 5) is 33.0. The number of aromatic amines is 1. The van der Waals surface area contributed by atoms with Gasteiger partial charge in [-0.15, -0.1) is 0 Å². The van der Waals surface area contributed by atoms with E-state index in [1.807, 2.05) is 49.4 Å². The molecule has 2 N–H and O–H groups in total. The number of rotatable bonds is 6. The van der Waals surface area contributed by atoms with Crippen molar-refractivity contribution in [2.75, 3.05) is 50.6 Å². The highest BCUT2D eigenvalue weighted by atomic mass is 79.9. The molecule has 8 nitrogen and oxygen atoms in total. The molecule has 0 spiro atoms. The summed E-state index contributed by atoms with van der Waals surface area (Å²) in [6, 6.07) is 13.2. The normalized spacial score (nSPS) is 15.3. The van der Waals surface area contributed by atoms with Crippen LogP contribution in [0.25, 0.3) is 10.9 Å². The van der Waals surface area contributed by atoms with Crippen LogP contribution in [0.3, 0.4) is 0 Å². The average Bonchev–Trinajstić information content (AvgIpc) is 3.20. The predicted octanol–water partition coefficient (Wildman–Crippen LogP) is 3.87. The summed E-state index contributed by atoms with van der Waals surface area (Å²) in [6.45, 7) is 4.92. The number of benzene rings is 2. The van der Waals surface area contributed by atoms with Gasteiger partial charge in [-0.25, -0.2) is 4.79 Å². The molecule has 4 rings (SSSR count). The third-order valence-electron chi connectivity index (χ3n) is 6.07. The molecule has 3 aromatic rings. The zero-order valence-electron chi connectivity index (χ0n) is 18.9. The molecule has 1 saturated heterocycles. The number of methoxy groups -OCH3 is 2. The van der Waals surface area contributed by atoms with E-state index in [4.69, 9.17) is 9.47 Å². The number of carbonyl (C=O) groups excluding carboxylic acids is 2. The monoisotopic (exact) mass is 514 g/mol. The van der Waals surface area contributed by atoms with Crippen molar-refractivity contribution in [1.82, 2.24) is 9.88 Å². The Morgan fingerprint density at radius 3 is 2.52 bits per heavy atom. The highest BCUT2D eigenvalue weighted by Crippen LogP contribution is 2.32. The molecule has 1 fully saturated rings. The van der Waals surface area contributed by atoms with Crippen molar-refractivity contribution in [3.8, 4) is 5.75 Å². The maximum absolute atomic E-state index is 13.2. The van der Waals surface area contributed by atoms with E-state index in [0.29, 0.717) is 5.69 Å². The lowest BCUT2D eigenvalue weighted by atomic mass is 10.1. The van der Waals surface area contributed by atoms with Gasteiger partial charge in [0.15, 0.2) is 0 Å². The first-order chi connectivity index (χ1) is 15.9. The molecule has 1 aromatic heterocycles. The second-order valence-corrected chi connectivity index (χ2v) is 8.83. The Balaban J connectivity index is 1.48. The lowest BCUT2D eigenvalue weighted by Crippen LogP contribution is -2.53. The standard InChI is InChI=1S/C24H27BrN4O4/c1-15(28-10-12-29(13-11-28)19-6-4-5-7-20(19)32-2)23(30)27-21-17-14-16(25)8-9-18(17)26-22(21)24(31)33-3/h4-9,14-15,26H,10-13H2,1-3H3,(H,27,30). The van der Waals surface area contributed by atoms with E-state index in [1.54, 1.807) is 7.11 Å². The van der Waals surface area contributed by atoms with Gasteiger partial charge in [0.1, 0.15) is 11.4 Å². The summed E-state index contributed by atoms with van der Waals surface area (Å²) < 4.78 is 11.2. The average molecular weight is 515 g/mol. The first-order valence-corrected chi connectivity index (χ1v) is 11.5. The third kappa shape index (κ3) is 4.69. The molecule has 0 saturated carbocycles. The SMILES string of the molecule is COC(=O)c1[nH]c2ccc(Br)cc2c1NC(=O)C(C)N1CCN(c2ccccc2OC)CC1. The number of hydrogen-bond acceptors (Lipinski definition) is 6. The largest absolute Gasteiger partial charge is 0.495 e. The van der Waals surface area contributed by atoms with E-state index in [0.717, 1.165) is 53.0 Å². The molecule has 2 aromatic carbocycles. The lowest BCUT2D eigenvalue weighted by Gasteiger charge is -2.38. The van der Waals surface area contributed by atoms with Gasteiger partial charge in [0.05, 0.1) is 31.6 Å². The smallest absolute Gasteiger partial charge is 0.356 e. The van der Waals surface area contributed by atoms with E-state index in [-0.39, 0.29) is 17.6 Å². The second-order valence-electron chi connectivity index (χ2n) is 7.92. The zero-order valence-corrected chi connectivity index (χ0v) is 20.4. The molecule has 0 radical (unpaired) electrons. The number of amides is 1. The molecule has 2 heterocycles. The Kier molecular flexibility index (Phi) is 6.90. The number of nitrogens with zero attached hydrogens (tertiary/aromatic N) is 2. The Hall–Kier alpha value is -3.04. The van der Waals surface area contributed by atoms with E-state index in [1.165, 1.54) is 7.11 Å². The fourth-order valence-corrected chi connectivity index (χ4v) is 4.54. The maximum Gasteiger partial charge on any atom is 0.356 e. The van der Waals surface area contributed by atoms with Gasteiger partial charge in [-0.1, -0.05) is 28.1 Å². The molecule has 0 aliphatic carbocycles. The molecule has 33 heavy (non-hydrogen) atoms. The Morgan fingerprint density at radius 2 is 1.82 bits per heavy atom. The number of carbonyl (C=O) groups is 2. The van der Waals surface area contributed by atoms with E-state index in [2.05, 4.69) is 36.0 Å². The molecule has 0 bridgehead atoms. The van der Waals surface area contributed by atoms with Crippen LogP contribution >= 0.6 is 15.9 Å². The summed E-state index contributed by atoms with van der Waals surface area (Å²) in [5.74, 6) is 0.139. The van der Waals surface area contributed by atoms with Gasteiger partial charge in [0.25, 0.3) is 0 Å². The van der Waals surface area contributed by atoms with Crippen LogP contribution in [0.5, 0.6) is 5.75 Å². The number of fused-ring (bicyclic) bond motifs is 1. The van der Waals surface area contributed by atoms with Crippen LogP contribution in [0, 0.1) is 0 Å². The van der Waals surface area contributed by atoms with Crippen molar-refractivity contribution in [3.05, 3.63) is 52.6 Å². The number of anilines is 2. The maximum atomic E-state index is 13.2. The van der Waals surface area contributed by atoms with Gasteiger partial charge in [0, 0.05) is 41.6 Å². The minimum atomic E-state index is -0.532. The molecular formula is C24H27BrN4O4. The molecule has 1 aliphatic heterocycles. The number of ether oxygens (including phenoxy) is 2. The summed E-state index contributed by atoms with van der Waals surface area (Å²) in [6.07, 6.45) is 0. The number of para-hydroxylation sites is 2. The second kappa shape index (κ2) is 9.84. The van der Waals surface area contributed by atoms with Gasteiger partial charge >= 0.3 is 5.97 Å². The molecule has 1 aliphatic rings. The van der Waals surface area contributed by atoms with Gasteiger partial charge in [-0.05, 0) is 37.3 Å². The van der Waals surface area contributed by atoms with E-state index >= 15 is 0 Å². The summed E-state index contributed by atoms with van der Waals surface area (Å²) in [5, 5.41) is 3.71. The minimum absolute atomic E-state index is 0.174. The van der Waals surface area contributed by atoms with Crippen LogP contribution in [0.1, 0.15) is 17.4 Å². The van der Waals surface area contributed by atoms with Crippen molar-refractivity contribution in [2.45, 2.75) is 13.0 Å². The third-order valence-corrected chi connectivity index (χ3v) is 6.56. The minimum Gasteiger partial charge on any atom is -0.495 e. The number of hydrogen-bond donors (Lipinski definition) is 2. The van der Waals surface area contributed by atoms with Gasteiger partial charge in [-0.2, -0.15) is 0 Å². The predicted molar refractivity (Wildman–Crippen MR) is 132 cm³/mol. The lowest BCUT2D eigenvalue weighted by molar-refractivity contribution is -0.120. The Morgan fingerprint density at radius 1 is 1.09 bits per heavy atom. The summed E-state index contributed by atoms with van der Waals surface area (Å²) in [5.41, 5.74) is 2.46. The van der Waals surface area contributed by atoms with Crippen molar-refractivity contribution >= 4 is 50.1 Å². The van der Waals surface area contributed by atoms with Crippen LogP contribution < -0.4 is 15.0 Å². The molecular weight excluding hydrogens is 488 g/mol. The Labute approximate surface area is 201 Å². The quantitative estimate of drug-likeness (QED) is 0.485. The molecule has 1 amide bonds. The fraction of sp³-hybridized carbons (Fsp3) is 0.333. The number of aromatic nitrogens is 1. The van der Waals surface area contributed by atoms with Crippen LogP contribution in [-0.4, -0.2) is 68.2 Å². The number of esters is 1. The highest BCUT2D eigenvalue weighted by Gasteiger charge is 2.28. The van der Waals surface area contributed by atoms with Crippen molar-refractivity contribution < 1.29 is 19.1 Å². The number of halogens is 1. The van der Waals surface area contributed by atoms with E-state index in [9.17, 15) is 9.59 Å². The van der Waals surface area contributed by atoms with Crippen molar-refractivity contribution in [3.63, 3.8) is 0 Å². The molecule has 1 unspecified atom stereocenters. The van der Waals surface area contributed by atoms with E-state index < -0.39 is 5.97 Å². The molecule has 9 heteroatoms. The summed E-state index contributed by atoms with van der Waals surface area (Å²) >= 11 is 3.46. The number of piperazine rings is 1. The Bertz CT molecular complexity index is 1170. The summed E-state index contributed by atoms with van der Waals surface area (Å²) in [7, 11) is 2.99. The van der Waals surface area contributed by atoms with Crippen LogP contribution in [0.15, 0.2) is 46.9 Å². The van der Waals surface area contributed by atoms with Crippen molar-refractivity contribution in [1.29, 1.82) is 0 Å². The number of nitrogens with one attached hydrogen (secondary N) is 2. The van der Waals surface area contributed by atoms with Gasteiger partial charge in [0.2, 0.25) is 5.91 Å². The zero-order chi connectivity index (χ0) is 23.5. The first kappa shape index (κ1) is 23.1. The molecule has 174 valence electrons. The van der Waals surface area contributed by atoms with Crippen LogP contribution in [0.2, 0.25) is 0 Å². The first-order valence-electron chi connectivity index (χ1n) is 10.8.